The number of benzene rings is 2. The second-order valence-corrected chi connectivity index (χ2v) is 8.47. The van der Waals surface area contributed by atoms with Crippen molar-refractivity contribution in [3.8, 4) is 11.5 Å². The molecule has 1 N–H and O–H groups in total. The van der Waals surface area contributed by atoms with Gasteiger partial charge in [-0.1, -0.05) is 23.9 Å². The Kier molecular flexibility index (Phi) is 5.81. The molecule has 1 amide bonds. The van der Waals surface area contributed by atoms with Crippen LogP contribution in [0.15, 0.2) is 69.2 Å². The molecular weight excluding hydrogens is 458 g/mol. The monoisotopic (exact) mass is 477 g/mol. The van der Waals surface area contributed by atoms with Crippen LogP contribution in [0, 0.1) is 0 Å². The molecule has 0 fully saturated rings. The van der Waals surface area contributed by atoms with Gasteiger partial charge in [0.25, 0.3) is 5.56 Å². The molecule has 9 nitrogen and oxygen atoms in total. The van der Waals surface area contributed by atoms with E-state index in [9.17, 15) is 14.4 Å². The molecule has 0 spiro atoms. The van der Waals surface area contributed by atoms with E-state index in [-0.39, 0.29) is 36.3 Å². The minimum absolute atomic E-state index is 0.0330. The van der Waals surface area contributed by atoms with E-state index >= 15 is 0 Å². The number of ether oxygens (including phenoxy) is 2. The van der Waals surface area contributed by atoms with Gasteiger partial charge in [-0.2, -0.15) is 0 Å². The normalized spacial score (nSPS) is 12.1. The number of rotatable bonds is 7. The van der Waals surface area contributed by atoms with E-state index < -0.39 is 0 Å². The summed E-state index contributed by atoms with van der Waals surface area (Å²) in [6.07, 6.45) is 1.53. The zero-order chi connectivity index (χ0) is 23.7. The Morgan fingerprint density at radius 2 is 1.91 bits per heavy atom. The predicted molar refractivity (Wildman–Crippen MR) is 126 cm³/mol. The van der Waals surface area contributed by atoms with Crippen molar-refractivity contribution in [2.24, 2.45) is 0 Å². The van der Waals surface area contributed by atoms with Crippen molar-refractivity contribution in [1.29, 1.82) is 0 Å². The Morgan fingerprint density at radius 1 is 1.12 bits per heavy atom. The lowest BCUT2D eigenvalue weighted by molar-refractivity contribution is -0.113. The summed E-state index contributed by atoms with van der Waals surface area (Å²) < 4.78 is 17.6. The summed E-state index contributed by atoms with van der Waals surface area (Å²) in [5, 5.41) is 3.62. The number of para-hydroxylation sites is 1. The van der Waals surface area contributed by atoms with Gasteiger partial charge in [0.05, 0.1) is 35.2 Å². The van der Waals surface area contributed by atoms with Gasteiger partial charge in [0.15, 0.2) is 22.4 Å². The molecule has 3 heterocycles. The van der Waals surface area contributed by atoms with Crippen molar-refractivity contribution in [2.45, 2.75) is 18.6 Å². The van der Waals surface area contributed by atoms with Crippen LogP contribution in [0.3, 0.4) is 0 Å². The first-order valence-electron chi connectivity index (χ1n) is 10.4. The van der Waals surface area contributed by atoms with Gasteiger partial charge in [0, 0.05) is 11.6 Å². The molecule has 2 aromatic heterocycles. The van der Waals surface area contributed by atoms with Crippen LogP contribution in [0.2, 0.25) is 0 Å². The molecule has 0 unspecified atom stereocenters. The number of carbonyl (C=O) groups is 2. The molecule has 0 saturated carbocycles. The highest BCUT2D eigenvalue weighted by Crippen LogP contribution is 2.37. The van der Waals surface area contributed by atoms with Gasteiger partial charge < -0.3 is 19.2 Å². The first-order chi connectivity index (χ1) is 16.5. The number of ketones is 1. The van der Waals surface area contributed by atoms with Crippen LogP contribution in [0.1, 0.15) is 23.0 Å². The minimum Gasteiger partial charge on any atom is -0.467 e. The number of hydrogen-bond acceptors (Lipinski definition) is 8. The zero-order valence-corrected chi connectivity index (χ0v) is 18.9. The second-order valence-electron chi connectivity index (χ2n) is 7.53. The quantitative estimate of drug-likeness (QED) is 0.244. The molecule has 0 radical (unpaired) electrons. The molecule has 34 heavy (non-hydrogen) atoms. The fourth-order valence-corrected chi connectivity index (χ4v) is 4.41. The summed E-state index contributed by atoms with van der Waals surface area (Å²) in [5.74, 6) is 0.894. The van der Waals surface area contributed by atoms with Crippen LogP contribution in [0.4, 0.5) is 5.69 Å². The first kappa shape index (κ1) is 21.8. The van der Waals surface area contributed by atoms with Crippen molar-refractivity contribution < 1.29 is 23.5 Å². The minimum atomic E-state index is -0.363. The maximum atomic E-state index is 13.1. The Bertz CT molecular complexity index is 1460. The van der Waals surface area contributed by atoms with Crippen molar-refractivity contribution in [3.63, 3.8) is 0 Å². The number of furan rings is 1. The smallest absolute Gasteiger partial charge is 0.262 e. The molecule has 2 aromatic carbocycles. The van der Waals surface area contributed by atoms with Crippen molar-refractivity contribution in [1.82, 2.24) is 9.55 Å². The molecule has 0 bridgehead atoms. The van der Waals surface area contributed by atoms with E-state index in [2.05, 4.69) is 10.3 Å². The third-order valence-corrected chi connectivity index (χ3v) is 6.20. The van der Waals surface area contributed by atoms with Gasteiger partial charge >= 0.3 is 0 Å². The van der Waals surface area contributed by atoms with Gasteiger partial charge in [0.2, 0.25) is 12.7 Å². The Morgan fingerprint density at radius 3 is 2.68 bits per heavy atom. The van der Waals surface area contributed by atoms with Crippen molar-refractivity contribution in [2.75, 3.05) is 17.9 Å². The van der Waals surface area contributed by atoms with E-state index in [0.29, 0.717) is 44.6 Å². The largest absolute Gasteiger partial charge is 0.467 e. The number of amides is 1. The molecule has 172 valence electrons. The zero-order valence-electron chi connectivity index (χ0n) is 18.1. The highest BCUT2D eigenvalue weighted by molar-refractivity contribution is 7.99. The van der Waals surface area contributed by atoms with Gasteiger partial charge in [-0.15, -0.1) is 0 Å². The van der Waals surface area contributed by atoms with Gasteiger partial charge in [0.1, 0.15) is 5.76 Å². The van der Waals surface area contributed by atoms with Crippen molar-refractivity contribution in [3.05, 3.63) is 76.5 Å². The average Bonchev–Trinajstić information content (AvgIpc) is 3.51. The van der Waals surface area contributed by atoms with Crippen LogP contribution in [-0.2, 0) is 11.3 Å². The highest BCUT2D eigenvalue weighted by Gasteiger charge is 2.21. The molecule has 0 aliphatic carbocycles. The number of carbonyl (C=O) groups excluding carboxylic acids is 2. The SMILES string of the molecule is CC(=O)c1cc2c(cc1NC(=O)CSc1nc3ccccc3c(=O)n1Cc1ccco1)OCO2. The fraction of sp³-hybridized carbons (Fsp3) is 0.167. The number of hydrogen-bond donors (Lipinski definition) is 1. The Hall–Kier alpha value is -4.05. The number of aromatic nitrogens is 2. The van der Waals surface area contributed by atoms with Crippen LogP contribution < -0.4 is 20.3 Å². The number of nitrogens with zero attached hydrogens (tertiary/aromatic N) is 2. The summed E-state index contributed by atoms with van der Waals surface area (Å²) in [4.78, 5) is 42.6. The molecule has 1 aliphatic rings. The standard InChI is InChI=1S/C24H19N3O6S/c1-14(28)17-9-20-21(33-13-32-20)10-19(17)25-22(29)12-34-24-26-18-7-3-2-6-16(18)23(30)27(24)11-15-5-4-8-31-15/h2-10H,11-13H2,1H3,(H,25,29). The number of Topliss-reactive ketones (excluding diaryl/α,β-unsaturated/α-hetero) is 1. The van der Waals surface area contributed by atoms with E-state index in [1.54, 1.807) is 48.5 Å². The Labute approximate surface area is 197 Å². The lowest BCUT2D eigenvalue weighted by Gasteiger charge is -2.13. The predicted octanol–water partition coefficient (Wildman–Crippen LogP) is 3.70. The van der Waals surface area contributed by atoms with E-state index in [0.717, 1.165) is 11.8 Å². The molecule has 5 rings (SSSR count). The lowest BCUT2D eigenvalue weighted by atomic mass is 10.1. The molecule has 10 heteroatoms. The maximum absolute atomic E-state index is 13.1. The van der Waals surface area contributed by atoms with Crippen LogP contribution >= 0.6 is 11.8 Å². The van der Waals surface area contributed by atoms with Gasteiger partial charge in [-0.05, 0) is 37.3 Å². The van der Waals surface area contributed by atoms with E-state index in [4.69, 9.17) is 13.9 Å². The van der Waals surface area contributed by atoms with Gasteiger partial charge in [-0.3, -0.25) is 19.0 Å². The number of anilines is 1. The highest BCUT2D eigenvalue weighted by atomic mass is 32.2. The summed E-state index contributed by atoms with van der Waals surface area (Å²) in [6, 6.07) is 13.7. The molecule has 1 aliphatic heterocycles. The van der Waals surface area contributed by atoms with E-state index in [1.165, 1.54) is 17.8 Å². The summed E-state index contributed by atoms with van der Waals surface area (Å²) in [6.45, 7) is 1.65. The lowest BCUT2D eigenvalue weighted by Crippen LogP contribution is -2.24. The van der Waals surface area contributed by atoms with Crippen LogP contribution in [0.5, 0.6) is 11.5 Å². The van der Waals surface area contributed by atoms with Crippen molar-refractivity contribution >= 4 is 40.0 Å². The maximum Gasteiger partial charge on any atom is 0.262 e. The Balaban J connectivity index is 1.40. The third kappa shape index (κ3) is 4.27. The summed E-state index contributed by atoms with van der Waals surface area (Å²) >= 11 is 1.12. The molecule has 4 aromatic rings. The van der Waals surface area contributed by atoms with E-state index in [1.807, 2.05) is 0 Å². The summed E-state index contributed by atoms with van der Waals surface area (Å²) in [5.41, 5.74) is 0.975. The topological polar surface area (TPSA) is 113 Å². The molecule has 0 atom stereocenters. The number of nitrogens with one attached hydrogen (secondary N) is 1. The number of fused-ring (bicyclic) bond motifs is 2. The molecular formula is C24H19N3O6S. The molecule has 0 saturated heterocycles. The van der Waals surface area contributed by atoms with Crippen LogP contribution in [0.25, 0.3) is 10.9 Å². The number of thioether (sulfide) groups is 1. The summed E-state index contributed by atoms with van der Waals surface area (Å²) in [7, 11) is 0. The average molecular weight is 477 g/mol. The van der Waals surface area contributed by atoms with Crippen LogP contribution in [-0.4, -0.2) is 33.8 Å². The second kappa shape index (κ2) is 9.06. The third-order valence-electron chi connectivity index (χ3n) is 5.22. The van der Waals surface area contributed by atoms with Gasteiger partial charge in [-0.25, -0.2) is 4.98 Å². The fourth-order valence-electron chi connectivity index (χ4n) is 3.61. The first-order valence-corrected chi connectivity index (χ1v) is 11.4.